The second-order valence-electron chi connectivity index (χ2n) is 7.53. The van der Waals surface area contributed by atoms with Gasteiger partial charge in [0.15, 0.2) is 5.11 Å². The summed E-state index contributed by atoms with van der Waals surface area (Å²) in [5.74, 6) is -0.585. The summed E-state index contributed by atoms with van der Waals surface area (Å²) >= 11 is 5.53. The zero-order valence-corrected chi connectivity index (χ0v) is 19.0. The molecule has 7 heteroatoms. The first kappa shape index (κ1) is 22.5. The smallest absolute Gasteiger partial charge is 0.338 e. The molecular weight excluding hydrogens is 410 g/mol. The lowest BCUT2D eigenvalue weighted by molar-refractivity contribution is -0.143. The van der Waals surface area contributed by atoms with E-state index >= 15 is 0 Å². The fraction of sp³-hybridized carbons (Fsp3) is 0.292. The molecule has 3 rings (SSSR count). The molecule has 1 aliphatic heterocycles. The van der Waals surface area contributed by atoms with Gasteiger partial charge < -0.3 is 20.3 Å². The molecule has 0 saturated heterocycles. The van der Waals surface area contributed by atoms with Gasteiger partial charge in [0.05, 0.1) is 17.7 Å². The molecule has 2 aromatic rings. The number of ether oxygens (including phenoxy) is 1. The third-order valence-corrected chi connectivity index (χ3v) is 5.33. The highest BCUT2D eigenvalue weighted by molar-refractivity contribution is 7.80. The highest BCUT2D eigenvalue weighted by atomic mass is 32.1. The number of benzene rings is 2. The van der Waals surface area contributed by atoms with Crippen LogP contribution >= 0.6 is 12.2 Å². The van der Waals surface area contributed by atoms with Gasteiger partial charge in [-0.15, -0.1) is 0 Å². The molecular formula is C24H27N3O3S. The Hall–Kier alpha value is -3.19. The molecule has 31 heavy (non-hydrogen) atoms. The van der Waals surface area contributed by atoms with E-state index < -0.39 is 6.04 Å². The molecule has 2 aromatic carbocycles. The van der Waals surface area contributed by atoms with Gasteiger partial charge >= 0.3 is 5.97 Å². The van der Waals surface area contributed by atoms with E-state index in [2.05, 4.69) is 10.6 Å². The van der Waals surface area contributed by atoms with Crippen molar-refractivity contribution in [3.63, 3.8) is 0 Å². The zero-order valence-electron chi connectivity index (χ0n) is 18.1. The van der Waals surface area contributed by atoms with Crippen LogP contribution in [0.3, 0.4) is 0 Å². The zero-order chi connectivity index (χ0) is 22.5. The summed E-state index contributed by atoms with van der Waals surface area (Å²) in [6, 6.07) is 15.9. The predicted octanol–water partition coefficient (Wildman–Crippen LogP) is 4.42. The summed E-state index contributed by atoms with van der Waals surface area (Å²) in [5.41, 5.74) is 3.28. The molecule has 2 N–H and O–H groups in total. The number of carbonyl (C=O) groups excluding carboxylic acids is 2. The van der Waals surface area contributed by atoms with E-state index in [0.29, 0.717) is 28.5 Å². The van der Waals surface area contributed by atoms with Crippen LogP contribution in [0, 0.1) is 0 Å². The lowest BCUT2D eigenvalue weighted by Crippen LogP contribution is -2.47. The largest absolute Gasteiger partial charge is 0.459 e. The number of esters is 1. The molecule has 0 aliphatic carbocycles. The second-order valence-corrected chi connectivity index (χ2v) is 7.91. The number of thiocarbonyl (C=S) groups is 1. The highest BCUT2D eigenvalue weighted by Gasteiger charge is 2.34. The van der Waals surface area contributed by atoms with Crippen molar-refractivity contribution in [1.29, 1.82) is 0 Å². The standard InChI is InChI=1S/C24H27N3O3S/c1-5-27-16(4)20(23(29)30-15(2)3)21(26-24(27)31)18-12-9-13-19(14-18)25-22(28)17-10-7-6-8-11-17/h6-15,21H,5H2,1-4H3,(H,25,28)(H,26,31). The molecule has 1 unspecified atom stereocenters. The number of allylic oxidation sites excluding steroid dienone is 1. The average Bonchev–Trinajstić information content (AvgIpc) is 2.73. The maximum Gasteiger partial charge on any atom is 0.338 e. The third kappa shape index (κ3) is 5.11. The van der Waals surface area contributed by atoms with Crippen LogP contribution in [-0.4, -0.2) is 34.5 Å². The van der Waals surface area contributed by atoms with Gasteiger partial charge in [0.2, 0.25) is 0 Å². The van der Waals surface area contributed by atoms with Crippen LogP contribution in [0.4, 0.5) is 5.69 Å². The quantitative estimate of drug-likeness (QED) is 0.515. The first-order chi connectivity index (χ1) is 14.8. The lowest BCUT2D eigenvalue weighted by Gasteiger charge is -2.37. The summed E-state index contributed by atoms with van der Waals surface area (Å²) in [6.45, 7) is 8.13. The molecule has 0 bridgehead atoms. The van der Waals surface area contributed by atoms with Crippen LogP contribution < -0.4 is 10.6 Å². The second kappa shape index (κ2) is 9.75. The Balaban J connectivity index is 1.95. The van der Waals surface area contributed by atoms with E-state index in [-0.39, 0.29) is 18.0 Å². The van der Waals surface area contributed by atoms with Crippen molar-refractivity contribution in [2.24, 2.45) is 0 Å². The van der Waals surface area contributed by atoms with Gasteiger partial charge in [-0.25, -0.2) is 4.79 Å². The van der Waals surface area contributed by atoms with Crippen LogP contribution in [0.2, 0.25) is 0 Å². The molecule has 1 amide bonds. The molecule has 0 fully saturated rings. The molecule has 162 valence electrons. The summed E-state index contributed by atoms with van der Waals surface area (Å²) in [7, 11) is 0. The lowest BCUT2D eigenvalue weighted by atomic mass is 9.94. The van der Waals surface area contributed by atoms with Crippen LogP contribution in [0.25, 0.3) is 0 Å². The van der Waals surface area contributed by atoms with E-state index in [1.54, 1.807) is 12.1 Å². The van der Waals surface area contributed by atoms with E-state index in [1.807, 2.05) is 75.1 Å². The van der Waals surface area contributed by atoms with Crippen molar-refractivity contribution in [2.75, 3.05) is 11.9 Å². The van der Waals surface area contributed by atoms with Gasteiger partial charge in [0, 0.05) is 23.5 Å². The maximum absolute atomic E-state index is 13.0. The predicted molar refractivity (Wildman–Crippen MR) is 126 cm³/mol. The number of nitrogens with zero attached hydrogens (tertiary/aromatic N) is 1. The Morgan fingerprint density at radius 2 is 1.87 bits per heavy atom. The molecule has 1 atom stereocenters. The number of carbonyl (C=O) groups is 2. The average molecular weight is 438 g/mol. The van der Waals surface area contributed by atoms with Gasteiger partial charge in [0.1, 0.15) is 0 Å². The number of anilines is 1. The van der Waals surface area contributed by atoms with Crippen molar-refractivity contribution < 1.29 is 14.3 Å². The molecule has 0 spiro atoms. The van der Waals surface area contributed by atoms with Crippen LogP contribution in [0.5, 0.6) is 0 Å². The Morgan fingerprint density at radius 3 is 2.52 bits per heavy atom. The Morgan fingerprint density at radius 1 is 1.16 bits per heavy atom. The number of rotatable bonds is 6. The van der Waals surface area contributed by atoms with Crippen molar-refractivity contribution in [3.8, 4) is 0 Å². The molecule has 0 aromatic heterocycles. The first-order valence-corrected chi connectivity index (χ1v) is 10.7. The number of hydrogen-bond acceptors (Lipinski definition) is 4. The third-order valence-electron chi connectivity index (χ3n) is 4.99. The Labute approximate surface area is 188 Å². The monoisotopic (exact) mass is 437 g/mol. The first-order valence-electron chi connectivity index (χ1n) is 10.3. The number of hydrogen-bond donors (Lipinski definition) is 2. The van der Waals surface area contributed by atoms with Crippen LogP contribution in [-0.2, 0) is 9.53 Å². The molecule has 0 saturated carbocycles. The van der Waals surface area contributed by atoms with Gasteiger partial charge in [-0.1, -0.05) is 30.3 Å². The maximum atomic E-state index is 13.0. The molecule has 1 aliphatic rings. The van der Waals surface area contributed by atoms with Crippen molar-refractivity contribution in [3.05, 3.63) is 77.0 Å². The fourth-order valence-corrected chi connectivity index (χ4v) is 3.93. The van der Waals surface area contributed by atoms with E-state index in [1.165, 1.54) is 0 Å². The van der Waals surface area contributed by atoms with Gasteiger partial charge in [-0.05, 0) is 69.7 Å². The van der Waals surface area contributed by atoms with Crippen molar-refractivity contribution in [1.82, 2.24) is 10.2 Å². The topological polar surface area (TPSA) is 70.7 Å². The summed E-state index contributed by atoms with van der Waals surface area (Å²) < 4.78 is 5.52. The summed E-state index contributed by atoms with van der Waals surface area (Å²) in [5, 5.41) is 6.73. The normalized spacial score (nSPS) is 16.2. The molecule has 6 nitrogen and oxygen atoms in total. The highest BCUT2D eigenvalue weighted by Crippen LogP contribution is 2.32. The minimum absolute atomic E-state index is 0.201. The van der Waals surface area contributed by atoms with E-state index in [9.17, 15) is 9.59 Å². The fourth-order valence-electron chi connectivity index (χ4n) is 3.54. The van der Waals surface area contributed by atoms with Crippen LogP contribution in [0.15, 0.2) is 65.9 Å². The van der Waals surface area contributed by atoms with Crippen molar-refractivity contribution in [2.45, 2.75) is 39.8 Å². The molecule has 0 radical (unpaired) electrons. The SMILES string of the molecule is CCN1C(=S)NC(c2cccc(NC(=O)c3ccccc3)c2)C(C(=O)OC(C)C)=C1C. The van der Waals surface area contributed by atoms with Crippen LogP contribution in [0.1, 0.15) is 49.7 Å². The summed E-state index contributed by atoms with van der Waals surface area (Å²) in [4.78, 5) is 27.4. The summed E-state index contributed by atoms with van der Waals surface area (Å²) in [6.07, 6.45) is -0.242. The number of nitrogens with one attached hydrogen (secondary N) is 2. The van der Waals surface area contributed by atoms with Gasteiger partial charge in [-0.2, -0.15) is 0 Å². The van der Waals surface area contributed by atoms with Gasteiger partial charge in [-0.3, -0.25) is 4.79 Å². The minimum atomic E-state index is -0.477. The molecule has 1 heterocycles. The van der Waals surface area contributed by atoms with E-state index in [0.717, 1.165) is 11.3 Å². The van der Waals surface area contributed by atoms with Gasteiger partial charge in [0.25, 0.3) is 5.91 Å². The number of amides is 1. The Kier molecular flexibility index (Phi) is 7.07. The van der Waals surface area contributed by atoms with E-state index in [4.69, 9.17) is 17.0 Å². The minimum Gasteiger partial charge on any atom is -0.459 e. The van der Waals surface area contributed by atoms with Crippen molar-refractivity contribution >= 4 is 34.9 Å². The Bertz CT molecular complexity index is 1020.